The van der Waals surface area contributed by atoms with Gasteiger partial charge in [-0.15, -0.1) is 6.58 Å². The van der Waals surface area contributed by atoms with E-state index in [0.29, 0.717) is 12.5 Å². The Hall–Kier alpha value is -0.300. The second-order valence-electron chi connectivity index (χ2n) is 2.48. The second-order valence-corrected chi connectivity index (χ2v) is 2.48. The molecular formula is C8H16O. The molecule has 0 aromatic rings. The summed E-state index contributed by atoms with van der Waals surface area (Å²) in [7, 11) is 0. The van der Waals surface area contributed by atoms with Gasteiger partial charge in [-0.2, -0.15) is 0 Å². The molecule has 1 atom stereocenters. The molecule has 1 unspecified atom stereocenters. The third kappa shape index (κ3) is 5.57. The Labute approximate surface area is 57.4 Å². The van der Waals surface area contributed by atoms with Crippen molar-refractivity contribution in [2.45, 2.75) is 26.2 Å². The molecule has 9 heavy (non-hydrogen) atoms. The summed E-state index contributed by atoms with van der Waals surface area (Å²) in [5, 5.41) is 8.51. The van der Waals surface area contributed by atoms with E-state index < -0.39 is 0 Å². The van der Waals surface area contributed by atoms with Crippen molar-refractivity contribution in [3.63, 3.8) is 0 Å². The van der Waals surface area contributed by atoms with Gasteiger partial charge in [-0.3, -0.25) is 0 Å². The average molecular weight is 128 g/mol. The van der Waals surface area contributed by atoms with Crippen molar-refractivity contribution in [2.75, 3.05) is 6.61 Å². The number of allylic oxidation sites excluding steroid dienone is 1. The average Bonchev–Trinajstić information content (AvgIpc) is 1.85. The molecule has 0 bridgehead atoms. The van der Waals surface area contributed by atoms with E-state index in [2.05, 4.69) is 13.5 Å². The van der Waals surface area contributed by atoms with E-state index in [1.807, 2.05) is 6.08 Å². The van der Waals surface area contributed by atoms with Crippen LogP contribution >= 0.6 is 0 Å². The van der Waals surface area contributed by atoms with Crippen molar-refractivity contribution in [3.8, 4) is 0 Å². The van der Waals surface area contributed by atoms with Crippen LogP contribution in [0.5, 0.6) is 0 Å². The first-order chi connectivity index (χ1) is 4.31. The van der Waals surface area contributed by atoms with Crippen LogP contribution in [0.4, 0.5) is 0 Å². The zero-order valence-corrected chi connectivity index (χ0v) is 6.14. The van der Waals surface area contributed by atoms with Crippen LogP contribution < -0.4 is 0 Å². The lowest BCUT2D eigenvalue weighted by Gasteiger charge is -2.05. The van der Waals surface area contributed by atoms with Crippen LogP contribution in [0.2, 0.25) is 0 Å². The molecule has 0 spiro atoms. The third-order valence-electron chi connectivity index (χ3n) is 1.49. The maximum Gasteiger partial charge on any atom is 0.0433 e. The zero-order valence-electron chi connectivity index (χ0n) is 6.14. The van der Waals surface area contributed by atoms with E-state index in [1.165, 1.54) is 0 Å². The first kappa shape index (κ1) is 8.70. The van der Waals surface area contributed by atoms with E-state index in [1.54, 1.807) is 0 Å². The van der Waals surface area contributed by atoms with Crippen molar-refractivity contribution in [2.24, 2.45) is 5.92 Å². The molecule has 0 aliphatic carbocycles. The summed E-state index contributed by atoms with van der Waals surface area (Å²) in [6.07, 6.45) is 5.08. The number of rotatable bonds is 5. The van der Waals surface area contributed by atoms with Gasteiger partial charge in [-0.25, -0.2) is 0 Å². The van der Waals surface area contributed by atoms with Crippen molar-refractivity contribution in [1.29, 1.82) is 0 Å². The first-order valence-corrected chi connectivity index (χ1v) is 3.53. The van der Waals surface area contributed by atoms with Crippen molar-refractivity contribution < 1.29 is 5.11 Å². The van der Waals surface area contributed by atoms with Gasteiger partial charge in [0.2, 0.25) is 0 Å². The van der Waals surface area contributed by atoms with Gasteiger partial charge in [0.15, 0.2) is 0 Å². The van der Waals surface area contributed by atoms with E-state index in [0.717, 1.165) is 19.3 Å². The largest absolute Gasteiger partial charge is 0.396 e. The molecule has 0 radical (unpaired) electrons. The highest BCUT2D eigenvalue weighted by Crippen LogP contribution is 2.08. The summed E-state index contributed by atoms with van der Waals surface area (Å²) in [4.78, 5) is 0. The molecule has 54 valence electrons. The van der Waals surface area contributed by atoms with Gasteiger partial charge >= 0.3 is 0 Å². The molecule has 1 heteroatoms. The molecule has 0 fully saturated rings. The Morgan fingerprint density at radius 2 is 2.22 bits per heavy atom. The minimum absolute atomic E-state index is 0.318. The maximum atomic E-state index is 8.51. The standard InChI is InChI=1S/C8H16O/c1-3-4-5-8(2)6-7-9/h3,8-9H,1,4-7H2,2H3. The van der Waals surface area contributed by atoms with E-state index in [4.69, 9.17) is 5.11 Å². The van der Waals surface area contributed by atoms with Crippen LogP contribution in [-0.4, -0.2) is 11.7 Å². The van der Waals surface area contributed by atoms with Crippen LogP contribution in [0, 0.1) is 5.92 Å². The fraction of sp³-hybridized carbons (Fsp3) is 0.750. The Balaban J connectivity index is 3.04. The van der Waals surface area contributed by atoms with Gasteiger partial charge in [-0.05, 0) is 25.2 Å². The van der Waals surface area contributed by atoms with Crippen LogP contribution in [0.3, 0.4) is 0 Å². The van der Waals surface area contributed by atoms with Gasteiger partial charge in [0.05, 0.1) is 0 Å². The molecular weight excluding hydrogens is 112 g/mol. The predicted octanol–water partition coefficient (Wildman–Crippen LogP) is 1.97. The highest BCUT2D eigenvalue weighted by atomic mass is 16.2. The zero-order chi connectivity index (χ0) is 7.11. The minimum Gasteiger partial charge on any atom is -0.396 e. The lowest BCUT2D eigenvalue weighted by Crippen LogP contribution is -1.96. The molecule has 0 saturated heterocycles. The van der Waals surface area contributed by atoms with E-state index >= 15 is 0 Å². The van der Waals surface area contributed by atoms with E-state index in [-0.39, 0.29) is 0 Å². The van der Waals surface area contributed by atoms with Gasteiger partial charge in [0, 0.05) is 6.61 Å². The van der Waals surface area contributed by atoms with Crippen LogP contribution in [0.15, 0.2) is 12.7 Å². The molecule has 0 aliphatic heterocycles. The van der Waals surface area contributed by atoms with Crippen molar-refractivity contribution in [3.05, 3.63) is 12.7 Å². The topological polar surface area (TPSA) is 20.2 Å². The van der Waals surface area contributed by atoms with Crippen LogP contribution in [-0.2, 0) is 0 Å². The quantitative estimate of drug-likeness (QED) is 0.561. The highest BCUT2D eigenvalue weighted by Gasteiger charge is 1.97. The van der Waals surface area contributed by atoms with Crippen molar-refractivity contribution in [1.82, 2.24) is 0 Å². The van der Waals surface area contributed by atoms with Crippen LogP contribution in [0.1, 0.15) is 26.2 Å². The summed E-state index contributed by atoms with van der Waals surface area (Å²) >= 11 is 0. The molecule has 1 nitrogen and oxygen atoms in total. The lowest BCUT2D eigenvalue weighted by molar-refractivity contribution is 0.259. The van der Waals surface area contributed by atoms with Gasteiger partial charge in [-0.1, -0.05) is 13.0 Å². The van der Waals surface area contributed by atoms with Crippen LogP contribution in [0.25, 0.3) is 0 Å². The summed E-state index contributed by atoms with van der Waals surface area (Å²) in [6, 6.07) is 0. The maximum absolute atomic E-state index is 8.51. The molecule has 0 amide bonds. The molecule has 0 aromatic carbocycles. The Morgan fingerprint density at radius 3 is 2.67 bits per heavy atom. The fourth-order valence-electron chi connectivity index (χ4n) is 0.767. The Morgan fingerprint density at radius 1 is 1.56 bits per heavy atom. The predicted molar refractivity (Wildman–Crippen MR) is 40.3 cm³/mol. The molecule has 0 aliphatic rings. The molecule has 0 aromatic heterocycles. The number of aliphatic hydroxyl groups is 1. The summed E-state index contributed by atoms with van der Waals surface area (Å²) in [6.45, 7) is 6.10. The lowest BCUT2D eigenvalue weighted by atomic mass is 10.0. The second kappa shape index (κ2) is 5.83. The first-order valence-electron chi connectivity index (χ1n) is 3.53. The number of aliphatic hydroxyl groups excluding tert-OH is 1. The summed E-state index contributed by atoms with van der Waals surface area (Å²) < 4.78 is 0. The minimum atomic E-state index is 0.318. The highest BCUT2D eigenvalue weighted by molar-refractivity contribution is 4.67. The van der Waals surface area contributed by atoms with E-state index in [9.17, 15) is 0 Å². The molecule has 1 N–H and O–H groups in total. The third-order valence-corrected chi connectivity index (χ3v) is 1.49. The normalized spacial score (nSPS) is 13.1. The number of hydrogen-bond acceptors (Lipinski definition) is 1. The smallest absolute Gasteiger partial charge is 0.0433 e. The van der Waals surface area contributed by atoms with Gasteiger partial charge < -0.3 is 5.11 Å². The molecule has 0 rings (SSSR count). The molecule has 0 heterocycles. The SMILES string of the molecule is C=CCCC(C)CCO. The summed E-state index contributed by atoms with van der Waals surface area (Å²) in [5.74, 6) is 0.646. The monoisotopic (exact) mass is 128 g/mol. The van der Waals surface area contributed by atoms with Gasteiger partial charge in [0.1, 0.15) is 0 Å². The fourth-order valence-corrected chi connectivity index (χ4v) is 0.767. The van der Waals surface area contributed by atoms with Gasteiger partial charge in [0.25, 0.3) is 0 Å². The Bertz CT molecular complexity index is 69.0. The molecule has 0 saturated carbocycles. The number of hydrogen-bond donors (Lipinski definition) is 1. The summed E-state index contributed by atoms with van der Waals surface area (Å²) in [5.41, 5.74) is 0. The Kier molecular flexibility index (Phi) is 5.64. The van der Waals surface area contributed by atoms with Crippen molar-refractivity contribution >= 4 is 0 Å².